The molecule has 6 rings (SSSR count). The Kier molecular flexibility index (Phi) is 4.29. The van der Waals surface area contributed by atoms with Crippen LogP contribution in [0.4, 0.5) is 0 Å². The summed E-state index contributed by atoms with van der Waals surface area (Å²) in [6, 6.07) is 24.1. The molecule has 0 radical (unpaired) electrons. The molecule has 2 heterocycles. The van der Waals surface area contributed by atoms with Crippen molar-refractivity contribution in [1.82, 2.24) is 4.57 Å². The molecule has 1 atom stereocenters. The van der Waals surface area contributed by atoms with Crippen molar-refractivity contribution in [2.45, 2.75) is 0 Å². The number of hydrogen-bond donors (Lipinski definition) is 0. The average Bonchev–Trinajstić information content (AvgIpc) is 3.41. The van der Waals surface area contributed by atoms with Crippen LogP contribution in [0.15, 0.2) is 78.4 Å². The van der Waals surface area contributed by atoms with Crippen LogP contribution in [0.1, 0.15) is 25.6 Å². The summed E-state index contributed by atoms with van der Waals surface area (Å²) in [5.41, 5.74) is 4.64. The highest BCUT2D eigenvalue weighted by molar-refractivity contribution is 7.27. The number of aryl methyl sites for hydroxylation is 1. The molecular formula is C27H18NO2PS. The van der Waals surface area contributed by atoms with E-state index in [0.29, 0.717) is 11.1 Å². The zero-order valence-electron chi connectivity index (χ0n) is 17.3. The first kappa shape index (κ1) is 19.4. The SMILES string of the molecule is Cn1c(-c2ccc(P)cc2)cc2sc(C=C3C(=O)c4cc5ccccc5cc4C3=O)cc21. The number of thiophene rings is 1. The molecule has 0 N–H and O–H groups in total. The Balaban J connectivity index is 1.40. The molecule has 1 unspecified atom stereocenters. The molecule has 5 aromatic rings. The smallest absolute Gasteiger partial charge is 0.197 e. The van der Waals surface area contributed by atoms with Gasteiger partial charge in [-0.2, -0.15) is 0 Å². The topological polar surface area (TPSA) is 39.1 Å². The van der Waals surface area contributed by atoms with Crippen LogP contribution in [-0.2, 0) is 7.05 Å². The fourth-order valence-corrected chi connectivity index (χ4v) is 5.68. The van der Waals surface area contributed by atoms with Crippen LogP contribution in [0, 0.1) is 0 Å². The van der Waals surface area contributed by atoms with E-state index in [2.05, 4.69) is 50.2 Å². The van der Waals surface area contributed by atoms with E-state index in [1.165, 1.54) is 0 Å². The largest absolute Gasteiger partial charge is 0.343 e. The number of allylic oxidation sites excluding steroid dienone is 1. The third-order valence-corrected chi connectivity index (χ3v) is 7.51. The molecule has 0 bridgehead atoms. The fraction of sp³-hybridized carbons (Fsp3) is 0.0370. The number of carbonyl (C=O) groups is 2. The van der Waals surface area contributed by atoms with Gasteiger partial charge in [-0.3, -0.25) is 9.59 Å². The summed E-state index contributed by atoms with van der Waals surface area (Å²) >= 11 is 1.60. The number of ketones is 2. The van der Waals surface area contributed by atoms with Gasteiger partial charge in [0.25, 0.3) is 0 Å². The lowest BCUT2D eigenvalue weighted by atomic mass is 10.0. The summed E-state index contributed by atoms with van der Waals surface area (Å²) in [5.74, 6) is -0.377. The second-order valence-corrected chi connectivity index (χ2v) is 9.85. The molecule has 3 aromatic carbocycles. The van der Waals surface area contributed by atoms with Gasteiger partial charge in [0.15, 0.2) is 11.6 Å². The van der Waals surface area contributed by atoms with E-state index in [9.17, 15) is 9.59 Å². The first-order valence-corrected chi connectivity index (χ1v) is 11.7. The summed E-state index contributed by atoms with van der Waals surface area (Å²) in [4.78, 5) is 27.0. The Hall–Kier alpha value is -3.33. The van der Waals surface area contributed by atoms with Crippen molar-refractivity contribution in [2.75, 3.05) is 0 Å². The van der Waals surface area contributed by atoms with Crippen LogP contribution in [0.5, 0.6) is 0 Å². The lowest BCUT2D eigenvalue weighted by molar-refractivity contribution is 0.0990. The molecule has 154 valence electrons. The van der Waals surface area contributed by atoms with Gasteiger partial charge in [-0.15, -0.1) is 20.6 Å². The number of Topliss-reactive ketones (excluding diaryl/α,β-unsaturated/α-hetero) is 2. The molecule has 32 heavy (non-hydrogen) atoms. The third-order valence-electron chi connectivity index (χ3n) is 6.11. The maximum atomic E-state index is 13.1. The Morgan fingerprint density at radius 3 is 2.06 bits per heavy atom. The number of hydrogen-bond acceptors (Lipinski definition) is 3. The van der Waals surface area contributed by atoms with E-state index in [-0.39, 0.29) is 17.1 Å². The lowest BCUT2D eigenvalue weighted by Gasteiger charge is -2.04. The Morgan fingerprint density at radius 2 is 1.47 bits per heavy atom. The first-order chi connectivity index (χ1) is 15.5. The van der Waals surface area contributed by atoms with E-state index in [1.807, 2.05) is 43.4 Å². The molecule has 0 saturated heterocycles. The highest BCUT2D eigenvalue weighted by Crippen LogP contribution is 2.36. The predicted molar refractivity (Wildman–Crippen MR) is 136 cm³/mol. The number of fused-ring (bicyclic) bond motifs is 3. The minimum absolute atomic E-state index is 0.188. The van der Waals surface area contributed by atoms with E-state index in [0.717, 1.165) is 42.4 Å². The van der Waals surface area contributed by atoms with Gasteiger partial charge in [-0.25, -0.2) is 0 Å². The molecule has 0 saturated carbocycles. The summed E-state index contributed by atoms with van der Waals surface area (Å²) < 4.78 is 3.29. The van der Waals surface area contributed by atoms with Crippen molar-refractivity contribution in [2.24, 2.45) is 7.05 Å². The number of rotatable bonds is 2. The van der Waals surface area contributed by atoms with Crippen molar-refractivity contribution in [3.63, 3.8) is 0 Å². The molecule has 0 spiro atoms. The van der Waals surface area contributed by atoms with E-state index < -0.39 is 0 Å². The standard InChI is InChI=1S/C27H18NO2PS/c1-28-23(15-6-8-18(31)9-7-15)14-25-24(28)13-19(32-25)12-22-26(29)20-10-16-4-2-3-5-17(16)11-21(20)27(22)30/h2-14H,31H2,1H3. The summed E-state index contributed by atoms with van der Waals surface area (Å²) in [6.45, 7) is 0. The molecular weight excluding hydrogens is 433 g/mol. The van der Waals surface area contributed by atoms with Crippen molar-refractivity contribution >= 4 is 64.5 Å². The van der Waals surface area contributed by atoms with Crippen LogP contribution < -0.4 is 5.30 Å². The maximum absolute atomic E-state index is 13.1. The van der Waals surface area contributed by atoms with Gasteiger partial charge in [0, 0.05) is 28.7 Å². The minimum Gasteiger partial charge on any atom is -0.343 e. The molecule has 0 fully saturated rings. The zero-order chi connectivity index (χ0) is 22.0. The van der Waals surface area contributed by atoms with Gasteiger partial charge >= 0.3 is 0 Å². The van der Waals surface area contributed by atoms with Crippen LogP contribution >= 0.6 is 20.6 Å². The molecule has 2 aromatic heterocycles. The van der Waals surface area contributed by atoms with Gasteiger partial charge in [0.05, 0.1) is 15.8 Å². The van der Waals surface area contributed by atoms with Crippen molar-refractivity contribution in [3.8, 4) is 11.3 Å². The molecule has 3 nitrogen and oxygen atoms in total. The first-order valence-electron chi connectivity index (χ1n) is 10.3. The molecule has 1 aliphatic carbocycles. The number of aromatic nitrogens is 1. The summed E-state index contributed by atoms with van der Waals surface area (Å²) in [7, 11) is 4.75. The fourth-order valence-electron chi connectivity index (χ4n) is 4.42. The second kappa shape index (κ2) is 7.09. The molecule has 0 amide bonds. The summed E-state index contributed by atoms with van der Waals surface area (Å²) in [6.07, 6.45) is 1.75. The van der Waals surface area contributed by atoms with Crippen molar-refractivity contribution in [3.05, 3.63) is 94.4 Å². The third kappa shape index (κ3) is 2.91. The minimum atomic E-state index is -0.188. The maximum Gasteiger partial charge on any atom is 0.197 e. The lowest BCUT2D eigenvalue weighted by Crippen LogP contribution is -1.99. The van der Waals surface area contributed by atoms with Gasteiger partial charge in [0.2, 0.25) is 0 Å². The van der Waals surface area contributed by atoms with Crippen LogP contribution in [0.25, 0.3) is 38.3 Å². The quantitative estimate of drug-likeness (QED) is 0.187. The monoisotopic (exact) mass is 451 g/mol. The van der Waals surface area contributed by atoms with Crippen LogP contribution in [0.2, 0.25) is 0 Å². The summed E-state index contributed by atoms with van der Waals surface area (Å²) in [5, 5.41) is 3.09. The normalized spacial score (nSPS) is 13.4. The highest BCUT2D eigenvalue weighted by atomic mass is 32.1. The molecule has 1 aliphatic rings. The van der Waals surface area contributed by atoms with Crippen LogP contribution in [0.3, 0.4) is 0 Å². The highest BCUT2D eigenvalue weighted by Gasteiger charge is 2.33. The van der Waals surface area contributed by atoms with Crippen molar-refractivity contribution in [1.29, 1.82) is 0 Å². The zero-order valence-corrected chi connectivity index (χ0v) is 19.2. The molecule has 0 aliphatic heterocycles. The van der Waals surface area contributed by atoms with Crippen LogP contribution in [-0.4, -0.2) is 16.1 Å². The Morgan fingerprint density at radius 1 is 0.844 bits per heavy atom. The van der Waals surface area contributed by atoms with E-state index in [1.54, 1.807) is 17.4 Å². The van der Waals surface area contributed by atoms with Gasteiger partial charge in [0.1, 0.15) is 0 Å². The van der Waals surface area contributed by atoms with Gasteiger partial charge in [-0.05, 0) is 52.0 Å². The van der Waals surface area contributed by atoms with E-state index in [4.69, 9.17) is 0 Å². The average molecular weight is 451 g/mol. The Labute approximate surface area is 191 Å². The van der Waals surface area contributed by atoms with Gasteiger partial charge in [-0.1, -0.05) is 48.5 Å². The number of benzene rings is 3. The second-order valence-electron chi connectivity index (χ2n) is 8.07. The Bertz CT molecular complexity index is 1560. The predicted octanol–water partition coefficient (Wildman–Crippen LogP) is 6.02. The van der Waals surface area contributed by atoms with E-state index >= 15 is 0 Å². The number of carbonyl (C=O) groups excluding carboxylic acids is 2. The number of nitrogens with zero attached hydrogens (tertiary/aromatic N) is 1. The van der Waals surface area contributed by atoms with Crippen molar-refractivity contribution < 1.29 is 9.59 Å². The van der Waals surface area contributed by atoms with Gasteiger partial charge < -0.3 is 4.57 Å². The molecule has 5 heteroatoms.